The van der Waals surface area contributed by atoms with Crippen molar-refractivity contribution in [3.8, 4) is 5.69 Å². The highest BCUT2D eigenvalue weighted by atomic mass is 32.2. The summed E-state index contributed by atoms with van der Waals surface area (Å²) in [4.78, 5) is 11.0. The van der Waals surface area contributed by atoms with E-state index >= 15 is 0 Å². The fourth-order valence-corrected chi connectivity index (χ4v) is 2.93. The van der Waals surface area contributed by atoms with Gasteiger partial charge < -0.3 is 4.90 Å². The molecular weight excluding hydrogens is 360 g/mol. The fraction of sp³-hybridized carbons (Fsp3) is 0.231. The van der Waals surface area contributed by atoms with Gasteiger partial charge in [-0.2, -0.15) is 13.5 Å². The molecule has 1 aromatic heterocycles. The molecule has 25 heavy (non-hydrogen) atoms. The van der Waals surface area contributed by atoms with Gasteiger partial charge in [0.2, 0.25) is 0 Å². The van der Waals surface area contributed by atoms with Gasteiger partial charge in [0, 0.05) is 32.4 Å². The maximum atomic E-state index is 12.7. The number of alkyl halides is 2. The number of nitro benzene ring substituents is 1. The van der Waals surface area contributed by atoms with Crippen molar-refractivity contribution < 1.29 is 22.1 Å². The van der Waals surface area contributed by atoms with E-state index in [-0.39, 0.29) is 5.69 Å². The van der Waals surface area contributed by atoms with Crippen molar-refractivity contribution in [1.82, 2.24) is 14.7 Å². The lowest BCUT2D eigenvalue weighted by atomic mass is 10.3. The van der Waals surface area contributed by atoms with Crippen LogP contribution in [0.15, 0.2) is 39.9 Å². The Bertz CT molecular complexity index is 924. The van der Waals surface area contributed by atoms with Crippen molar-refractivity contribution in [2.45, 2.75) is 11.3 Å². The highest BCUT2D eigenvalue weighted by Gasteiger charge is 2.24. The molecule has 9 nitrogen and oxygen atoms in total. The molecule has 12 heteroatoms. The van der Waals surface area contributed by atoms with Gasteiger partial charge in [0.15, 0.2) is 0 Å². The molecule has 2 rings (SSSR count). The Labute approximate surface area is 141 Å². The highest BCUT2D eigenvalue weighted by Crippen LogP contribution is 2.28. The van der Waals surface area contributed by atoms with Crippen LogP contribution in [0.5, 0.6) is 0 Å². The third-order valence-corrected chi connectivity index (χ3v) is 4.20. The lowest BCUT2D eigenvalue weighted by Crippen LogP contribution is -2.12. The standard InChI is InChI=1S/C13H13F2N5O4S/c1-18(2)8-17-25(23,24)12-5-10(20(21)22)3-4-11(12)19-7-9(6-16-19)13(14)15/h3-8,13H,1-2H3. The average molecular weight is 373 g/mol. The molecule has 0 N–H and O–H groups in total. The molecular formula is C13H13F2N5O4S. The minimum atomic E-state index is -4.33. The number of rotatable bonds is 6. The minimum Gasteiger partial charge on any atom is -0.368 e. The van der Waals surface area contributed by atoms with E-state index in [1.165, 1.54) is 19.0 Å². The molecule has 0 amide bonds. The molecule has 0 radical (unpaired) electrons. The Kier molecular flexibility index (Phi) is 5.11. The number of hydrogen-bond donors (Lipinski definition) is 0. The third kappa shape index (κ3) is 4.15. The zero-order valence-electron chi connectivity index (χ0n) is 13.1. The number of aromatic nitrogens is 2. The Morgan fingerprint density at radius 2 is 2.08 bits per heavy atom. The van der Waals surface area contributed by atoms with Crippen LogP contribution < -0.4 is 0 Å². The number of non-ortho nitro benzene ring substituents is 1. The molecule has 0 saturated carbocycles. The largest absolute Gasteiger partial charge is 0.368 e. The van der Waals surface area contributed by atoms with E-state index in [0.717, 1.165) is 41.6 Å². The summed E-state index contributed by atoms with van der Waals surface area (Å²) in [5.74, 6) is 0. The van der Waals surface area contributed by atoms with Crippen LogP contribution in [0.1, 0.15) is 12.0 Å². The number of hydrogen-bond acceptors (Lipinski definition) is 5. The van der Waals surface area contributed by atoms with Gasteiger partial charge in [-0.05, 0) is 6.07 Å². The first-order chi connectivity index (χ1) is 11.6. The second-order valence-electron chi connectivity index (χ2n) is 5.09. The van der Waals surface area contributed by atoms with E-state index in [1.54, 1.807) is 0 Å². The van der Waals surface area contributed by atoms with Gasteiger partial charge in [-0.3, -0.25) is 10.1 Å². The van der Waals surface area contributed by atoms with E-state index in [0.29, 0.717) is 0 Å². The second kappa shape index (κ2) is 6.93. The maximum absolute atomic E-state index is 12.7. The van der Waals surface area contributed by atoms with Crippen LogP contribution in [0, 0.1) is 10.1 Å². The van der Waals surface area contributed by atoms with Crippen LogP contribution in [0.3, 0.4) is 0 Å². The van der Waals surface area contributed by atoms with Crippen LogP contribution in [0.25, 0.3) is 5.69 Å². The maximum Gasteiger partial charge on any atom is 0.286 e. The number of nitro groups is 1. The fourth-order valence-electron chi connectivity index (χ4n) is 1.81. The van der Waals surface area contributed by atoms with Gasteiger partial charge in [-0.15, -0.1) is 4.40 Å². The summed E-state index contributed by atoms with van der Waals surface area (Å²) in [7, 11) is -1.25. The van der Waals surface area contributed by atoms with Crippen LogP contribution >= 0.6 is 0 Å². The zero-order chi connectivity index (χ0) is 18.8. The molecule has 2 aromatic rings. The van der Waals surface area contributed by atoms with Crippen LogP contribution in [-0.2, 0) is 10.0 Å². The predicted molar refractivity (Wildman–Crippen MR) is 84.5 cm³/mol. The van der Waals surface area contributed by atoms with Crippen molar-refractivity contribution in [1.29, 1.82) is 0 Å². The molecule has 0 saturated heterocycles. The molecule has 0 unspecified atom stereocenters. The molecule has 0 spiro atoms. The highest BCUT2D eigenvalue weighted by molar-refractivity contribution is 7.90. The summed E-state index contributed by atoms with van der Waals surface area (Å²) >= 11 is 0. The van der Waals surface area contributed by atoms with Crippen molar-refractivity contribution in [3.63, 3.8) is 0 Å². The van der Waals surface area contributed by atoms with E-state index in [4.69, 9.17) is 0 Å². The molecule has 1 heterocycles. The summed E-state index contributed by atoms with van der Waals surface area (Å²) < 4.78 is 54.6. The smallest absolute Gasteiger partial charge is 0.286 e. The minimum absolute atomic E-state index is 0.131. The SMILES string of the molecule is CN(C)C=NS(=O)(=O)c1cc([N+](=O)[O-])ccc1-n1cc(C(F)F)cn1. The molecule has 0 atom stereocenters. The van der Waals surface area contributed by atoms with Crippen molar-refractivity contribution in [2.24, 2.45) is 4.40 Å². The van der Waals surface area contributed by atoms with E-state index in [9.17, 15) is 27.3 Å². The van der Waals surface area contributed by atoms with Crippen LogP contribution in [0.4, 0.5) is 14.5 Å². The van der Waals surface area contributed by atoms with E-state index in [1.807, 2.05) is 0 Å². The van der Waals surface area contributed by atoms with Gasteiger partial charge in [0.25, 0.3) is 22.1 Å². The molecule has 0 aliphatic carbocycles. The Balaban J connectivity index is 2.65. The topological polar surface area (TPSA) is 111 Å². The normalized spacial score (nSPS) is 12.0. The quantitative estimate of drug-likeness (QED) is 0.331. The summed E-state index contributed by atoms with van der Waals surface area (Å²) in [5.41, 5.74) is -1.03. The lowest BCUT2D eigenvalue weighted by Gasteiger charge is -2.09. The molecule has 134 valence electrons. The van der Waals surface area contributed by atoms with Crippen molar-refractivity contribution >= 4 is 22.0 Å². The molecule has 0 fully saturated rings. The third-order valence-electron chi connectivity index (χ3n) is 2.95. The van der Waals surface area contributed by atoms with Gasteiger partial charge in [-0.1, -0.05) is 0 Å². The van der Waals surface area contributed by atoms with Crippen molar-refractivity contribution in [2.75, 3.05) is 14.1 Å². The predicted octanol–water partition coefficient (Wildman–Crippen LogP) is 2.00. The Morgan fingerprint density at radius 3 is 2.60 bits per heavy atom. The monoisotopic (exact) mass is 373 g/mol. The van der Waals surface area contributed by atoms with Gasteiger partial charge >= 0.3 is 0 Å². The lowest BCUT2D eigenvalue weighted by molar-refractivity contribution is -0.385. The van der Waals surface area contributed by atoms with Crippen LogP contribution in [0.2, 0.25) is 0 Å². The van der Waals surface area contributed by atoms with E-state index < -0.39 is 37.5 Å². The number of sulfonamides is 1. The van der Waals surface area contributed by atoms with Crippen molar-refractivity contribution in [3.05, 3.63) is 46.3 Å². The molecule has 0 bridgehead atoms. The van der Waals surface area contributed by atoms with Gasteiger partial charge in [0.05, 0.1) is 22.4 Å². The average Bonchev–Trinajstić information content (AvgIpc) is 3.02. The summed E-state index contributed by atoms with van der Waals surface area (Å²) in [6, 6.07) is 2.97. The Morgan fingerprint density at radius 1 is 1.40 bits per heavy atom. The number of halogens is 2. The van der Waals surface area contributed by atoms with E-state index in [2.05, 4.69) is 9.50 Å². The first kappa shape index (κ1) is 18.4. The first-order valence-corrected chi connectivity index (χ1v) is 8.14. The summed E-state index contributed by atoms with van der Waals surface area (Å²) in [6.45, 7) is 0. The molecule has 1 aromatic carbocycles. The van der Waals surface area contributed by atoms with Crippen LogP contribution in [-0.4, -0.2) is 48.5 Å². The number of nitrogens with zero attached hydrogens (tertiary/aromatic N) is 5. The molecule has 0 aliphatic heterocycles. The summed E-state index contributed by atoms with van der Waals surface area (Å²) in [6.07, 6.45) is 0.0381. The Hall–Kier alpha value is -2.89. The van der Waals surface area contributed by atoms with Gasteiger partial charge in [-0.25, -0.2) is 13.5 Å². The van der Waals surface area contributed by atoms with Gasteiger partial charge in [0.1, 0.15) is 11.2 Å². The number of benzene rings is 1. The summed E-state index contributed by atoms with van der Waals surface area (Å²) in [5, 5.41) is 14.6. The zero-order valence-corrected chi connectivity index (χ0v) is 13.9. The first-order valence-electron chi connectivity index (χ1n) is 6.70. The second-order valence-corrected chi connectivity index (χ2v) is 6.69. The molecule has 0 aliphatic rings.